The first-order valence-electron chi connectivity index (χ1n) is 5.74. The average molecular weight is 276 g/mol. The molecule has 1 aromatic heterocycles. The normalized spacial score (nSPS) is 10.9. The second-order valence-corrected chi connectivity index (χ2v) is 4.22. The number of carbonyl (C=O) groups excluding carboxylic acids is 1. The molecule has 0 spiro atoms. The average Bonchev–Trinajstić information content (AvgIpc) is 2.84. The fraction of sp³-hybridized carbons (Fsp3) is 0. The predicted octanol–water partition coefficient (Wildman–Crippen LogP) is 4.08. The molecule has 0 aliphatic heterocycles. The summed E-state index contributed by atoms with van der Waals surface area (Å²) >= 11 is 0. The Morgan fingerprint density at radius 3 is 2.60 bits per heavy atom. The van der Waals surface area contributed by atoms with E-state index in [1.54, 1.807) is 0 Å². The van der Waals surface area contributed by atoms with Gasteiger partial charge in [0.2, 0.25) is 5.78 Å². The smallest absolute Gasteiger partial charge is 0.231 e. The Morgan fingerprint density at radius 2 is 1.80 bits per heavy atom. The van der Waals surface area contributed by atoms with Crippen molar-refractivity contribution in [2.75, 3.05) is 0 Å². The van der Waals surface area contributed by atoms with E-state index in [-0.39, 0.29) is 5.76 Å². The minimum absolute atomic E-state index is 0.171. The van der Waals surface area contributed by atoms with Crippen molar-refractivity contribution >= 4 is 16.8 Å². The maximum absolute atomic E-state index is 13.6. The molecule has 0 unspecified atom stereocenters. The Bertz CT molecular complexity index is 821. The van der Waals surface area contributed by atoms with Gasteiger partial charge in [0.05, 0.1) is 5.56 Å². The van der Waals surface area contributed by atoms with Crippen molar-refractivity contribution < 1.29 is 22.4 Å². The summed E-state index contributed by atoms with van der Waals surface area (Å²) < 4.78 is 44.9. The Balaban J connectivity index is 2.10. The molecule has 1 heterocycles. The van der Waals surface area contributed by atoms with Crippen LogP contribution in [0.1, 0.15) is 16.1 Å². The highest BCUT2D eigenvalue weighted by Gasteiger charge is 2.20. The molecule has 0 saturated heterocycles. The van der Waals surface area contributed by atoms with Crippen LogP contribution in [0.3, 0.4) is 0 Å². The van der Waals surface area contributed by atoms with Crippen molar-refractivity contribution in [3.8, 4) is 0 Å². The van der Waals surface area contributed by atoms with Crippen LogP contribution in [0.5, 0.6) is 0 Å². The number of furan rings is 1. The zero-order valence-corrected chi connectivity index (χ0v) is 9.99. The van der Waals surface area contributed by atoms with Gasteiger partial charge >= 0.3 is 0 Å². The number of fused-ring (bicyclic) bond motifs is 1. The van der Waals surface area contributed by atoms with E-state index in [2.05, 4.69) is 0 Å². The molecule has 0 bridgehead atoms. The van der Waals surface area contributed by atoms with Gasteiger partial charge in [-0.25, -0.2) is 13.2 Å². The second kappa shape index (κ2) is 4.52. The predicted molar refractivity (Wildman–Crippen MR) is 66.0 cm³/mol. The first-order chi connectivity index (χ1) is 9.56. The van der Waals surface area contributed by atoms with Crippen molar-refractivity contribution in [1.29, 1.82) is 0 Å². The van der Waals surface area contributed by atoms with Crippen LogP contribution < -0.4 is 0 Å². The van der Waals surface area contributed by atoms with Crippen LogP contribution in [-0.4, -0.2) is 5.78 Å². The monoisotopic (exact) mass is 276 g/mol. The van der Waals surface area contributed by atoms with Gasteiger partial charge in [0.1, 0.15) is 11.4 Å². The third-order valence-electron chi connectivity index (χ3n) is 2.90. The van der Waals surface area contributed by atoms with Crippen molar-refractivity contribution in [3.63, 3.8) is 0 Å². The molecule has 0 aliphatic carbocycles. The van der Waals surface area contributed by atoms with E-state index in [0.29, 0.717) is 11.0 Å². The summed E-state index contributed by atoms with van der Waals surface area (Å²) in [7, 11) is 0. The molecule has 0 atom stereocenters. The quantitative estimate of drug-likeness (QED) is 0.660. The second-order valence-electron chi connectivity index (χ2n) is 4.22. The van der Waals surface area contributed by atoms with Crippen molar-refractivity contribution in [2.24, 2.45) is 0 Å². The first-order valence-corrected chi connectivity index (χ1v) is 5.74. The van der Waals surface area contributed by atoms with E-state index < -0.39 is 28.8 Å². The summed E-state index contributed by atoms with van der Waals surface area (Å²) in [5, 5.41) is 0.380. The van der Waals surface area contributed by atoms with Gasteiger partial charge in [0, 0.05) is 5.39 Å². The topological polar surface area (TPSA) is 30.2 Å². The molecule has 0 N–H and O–H groups in total. The molecule has 0 fully saturated rings. The van der Waals surface area contributed by atoms with Gasteiger partial charge in [-0.1, -0.05) is 6.07 Å². The van der Waals surface area contributed by atoms with Gasteiger partial charge in [0.25, 0.3) is 0 Å². The van der Waals surface area contributed by atoms with Crippen LogP contribution in [0.2, 0.25) is 0 Å². The van der Waals surface area contributed by atoms with Gasteiger partial charge in [0.15, 0.2) is 17.4 Å². The highest BCUT2D eigenvalue weighted by Crippen LogP contribution is 2.23. The van der Waals surface area contributed by atoms with E-state index in [1.807, 2.05) is 0 Å². The van der Waals surface area contributed by atoms with Crippen molar-refractivity contribution in [1.82, 2.24) is 0 Å². The third-order valence-corrected chi connectivity index (χ3v) is 2.90. The Kier molecular flexibility index (Phi) is 2.82. The molecule has 5 heteroatoms. The molecule has 3 rings (SSSR count). The lowest BCUT2D eigenvalue weighted by molar-refractivity contribution is 0.101. The molecule has 0 amide bonds. The summed E-state index contributed by atoms with van der Waals surface area (Å²) in [4.78, 5) is 12.1. The van der Waals surface area contributed by atoms with Crippen LogP contribution in [0, 0.1) is 17.5 Å². The molecule has 0 radical (unpaired) electrons. The fourth-order valence-electron chi connectivity index (χ4n) is 1.94. The highest BCUT2D eigenvalue weighted by molar-refractivity contribution is 6.09. The van der Waals surface area contributed by atoms with Crippen LogP contribution in [0.4, 0.5) is 13.2 Å². The number of hydrogen-bond acceptors (Lipinski definition) is 2. The molecule has 0 saturated carbocycles. The Hall–Kier alpha value is -2.56. The standard InChI is InChI=1S/C15H7F3O2/c16-9-4-5-12-8(6-9)7-13(20-12)15(19)10-2-1-3-11(17)14(10)18/h1-7H. The molecule has 20 heavy (non-hydrogen) atoms. The molecule has 0 aliphatic rings. The van der Waals surface area contributed by atoms with Crippen molar-refractivity contribution in [3.05, 3.63) is 71.2 Å². The summed E-state index contributed by atoms with van der Waals surface area (Å²) in [6.07, 6.45) is 0. The van der Waals surface area contributed by atoms with Gasteiger partial charge < -0.3 is 4.42 Å². The number of hydrogen-bond donors (Lipinski definition) is 0. The minimum atomic E-state index is -1.23. The molecular weight excluding hydrogens is 269 g/mol. The third kappa shape index (κ3) is 1.97. The van der Waals surface area contributed by atoms with Gasteiger partial charge in [-0.15, -0.1) is 0 Å². The zero-order valence-electron chi connectivity index (χ0n) is 9.99. The first kappa shape index (κ1) is 12.5. The lowest BCUT2D eigenvalue weighted by atomic mass is 10.1. The maximum Gasteiger partial charge on any atom is 0.231 e. The summed E-state index contributed by atoms with van der Waals surface area (Å²) in [6, 6.07) is 8.34. The Morgan fingerprint density at radius 1 is 1.00 bits per heavy atom. The van der Waals surface area contributed by atoms with E-state index in [4.69, 9.17) is 4.42 Å². The summed E-state index contributed by atoms with van der Waals surface area (Å²) in [5.74, 6) is -3.79. The van der Waals surface area contributed by atoms with Gasteiger partial charge in [-0.05, 0) is 36.4 Å². The van der Waals surface area contributed by atoms with E-state index >= 15 is 0 Å². The number of rotatable bonds is 2. The largest absolute Gasteiger partial charge is 0.453 e. The van der Waals surface area contributed by atoms with Crippen LogP contribution in [-0.2, 0) is 0 Å². The van der Waals surface area contributed by atoms with Crippen molar-refractivity contribution in [2.45, 2.75) is 0 Å². The zero-order chi connectivity index (χ0) is 14.3. The number of carbonyl (C=O) groups is 1. The van der Waals surface area contributed by atoms with Gasteiger partial charge in [-0.3, -0.25) is 4.79 Å². The highest BCUT2D eigenvalue weighted by atomic mass is 19.2. The van der Waals surface area contributed by atoms with E-state index in [9.17, 15) is 18.0 Å². The fourth-order valence-corrected chi connectivity index (χ4v) is 1.94. The number of benzene rings is 2. The van der Waals surface area contributed by atoms with E-state index in [0.717, 1.165) is 12.1 Å². The van der Waals surface area contributed by atoms with Crippen LogP contribution >= 0.6 is 0 Å². The SMILES string of the molecule is O=C(c1cc2cc(F)ccc2o1)c1cccc(F)c1F. The number of ketones is 1. The van der Waals surface area contributed by atoms with Crippen LogP contribution in [0.25, 0.3) is 11.0 Å². The van der Waals surface area contributed by atoms with E-state index in [1.165, 1.54) is 30.3 Å². The molecule has 2 nitrogen and oxygen atoms in total. The molecule has 100 valence electrons. The summed E-state index contributed by atoms with van der Waals surface area (Å²) in [6.45, 7) is 0. The molecular formula is C15H7F3O2. The number of halogens is 3. The lowest BCUT2D eigenvalue weighted by Gasteiger charge is -2.00. The minimum Gasteiger partial charge on any atom is -0.453 e. The molecule has 3 aromatic rings. The van der Waals surface area contributed by atoms with Gasteiger partial charge in [-0.2, -0.15) is 0 Å². The maximum atomic E-state index is 13.6. The summed E-state index contributed by atoms with van der Waals surface area (Å²) in [5.41, 5.74) is -0.129. The molecule has 2 aromatic carbocycles. The Labute approximate surface area is 111 Å². The van der Waals surface area contributed by atoms with Crippen LogP contribution in [0.15, 0.2) is 46.9 Å². The lowest BCUT2D eigenvalue weighted by Crippen LogP contribution is -2.04.